The van der Waals surface area contributed by atoms with Gasteiger partial charge in [0.15, 0.2) is 0 Å². The van der Waals surface area contributed by atoms with E-state index >= 15 is 0 Å². The number of amides is 2. The third kappa shape index (κ3) is 2.31. The Labute approximate surface area is 104 Å². The lowest BCUT2D eigenvalue weighted by molar-refractivity contribution is 0.0628. The first kappa shape index (κ1) is 12.8. The molecule has 0 N–H and O–H groups in total. The number of rotatable bonds is 5. The maximum Gasteiger partial charge on any atom is 0.697 e. The second-order valence-corrected chi connectivity index (χ2v) is 4.62. The summed E-state index contributed by atoms with van der Waals surface area (Å²) in [5.74, 6) is -0.710. The van der Waals surface area contributed by atoms with Gasteiger partial charge in [0.2, 0.25) is 0 Å². The van der Waals surface area contributed by atoms with Crippen LogP contribution in [0.2, 0.25) is 0 Å². The Hall–Kier alpha value is -1.62. The number of hydrogen-bond donors (Lipinski definition) is 0. The van der Waals surface area contributed by atoms with E-state index in [1.807, 2.05) is 0 Å². The van der Waals surface area contributed by atoms with Crippen molar-refractivity contribution in [1.82, 2.24) is 4.90 Å². The Bertz CT molecular complexity index is 481. The van der Waals surface area contributed by atoms with Crippen LogP contribution in [0.4, 0.5) is 0 Å². The van der Waals surface area contributed by atoms with Crippen LogP contribution in [-0.4, -0.2) is 37.0 Å². The van der Waals surface area contributed by atoms with Crippen molar-refractivity contribution >= 4 is 20.1 Å². The number of carbonyl (C=O) groups is 2. The maximum absolute atomic E-state index is 11.9. The minimum absolute atomic E-state index is 0.0193. The van der Waals surface area contributed by atoms with Gasteiger partial charge < -0.3 is 0 Å². The van der Waals surface area contributed by atoms with Gasteiger partial charge in [-0.15, -0.1) is 9.05 Å². The predicted molar refractivity (Wildman–Crippen MR) is 62.4 cm³/mol. The highest BCUT2D eigenvalue weighted by atomic mass is 31.1. The smallest absolute Gasteiger partial charge is 0.272 e. The SMILES string of the molecule is CO[P+](=O)OCCN1C(=O)c2ccccc2C1=O. The van der Waals surface area contributed by atoms with Crippen LogP contribution in [0, 0.1) is 0 Å². The van der Waals surface area contributed by atoms with Crippen molar-refractivity contribution in [2.75, 3.05) is 20.3 Å². The predicted octanol–water partition coefficient (Wildman–Crippen LogP) is 1.60. The van der Waals surface area contributed by atoms with Crippen LogP contribution in [0.1, 0.15) is 20.7 Å². The van der Waals surface area contributed by atoms with Crippen LogP contribution in [0.3, 0.4) is 0 Å². The minimum Gasteiger partial charge on any atom is -0.272 e. The first-order chi connectivity index (χ1) is 8.65. The summed E-state index contributed by atoms with van der Waals surface area (Å²) in [5, 5.41) is 0. The molecule has 1 aromatic rings. The third-order valence-corrected chi connectivity index (χ3v) is 3.23. The first-order valence-corrected chi connectivity index (χ1v) is 6.34. The number of fused-ring (bicyclic) bond motifs is 1. The topological polar surface area (TPSA) is 72.9 Å². The highest BCUT2D eigenvalue weighted by Gasteiger charge is 2.35. The first-order valence-electron chi connectivity index (χ1n) is 5.24. The van der Waals surface area contributed by atoms with E-state index in [1.165, 1.54) is 7.11 Å². The van der Waals surface area contributed by atoms with Crippen molar-refractivity contribution in [2.45, 2.75) is 0 Å². The molecule has 0 aromatic heterocycles. The van der Waals surface area contributed by atoms with Crippen LogP contribution in [0.25, 0.3) is 0 Å². The van der Waals surface area contributed by atoms with E-state index in [4.69, 9.17) is 4.52 Å². The molecule has 1 atom stereocenters. The molecule has 7 heteroatoms. The molecule has 18 heavy (non-hydrogen) atoms. The van der Waals surface area contributed by atoms with Crippen LogP contribution < -0.4 is 0 Å². The van der Waals surface area contributed by atoms with E-state index in [0.717, 1.165) is 4.90 Å². The maximum atomic E-state index is 11.9. The number of carbonyl (C=O) groups excluding carboxylic acids is 2. The molecule has 0 fully saturated rings. The Morgan fingerprint density at radius 2 is 1.72 bits per heavy atom. The summed E-state index contributed by atoms with van der Waals surface area (Å²) in [4.78, 5) is 24.9. The molecular weight excluding hydrogens is 257 g/mol. The van der Waals surface area contributed by atoms with E-state index in [0.29, 0.717) is 11.1 Å². The fourth-order valence-electron chi connectivity index (χ4n) is 1.70. The number of nitrogens with zero attached hydrogens (tertiary/aromatic N) is 1. The van der Waals surface area contributed by atoms with Gasteiger partial charge >= 0.3 is 8.25 Å². The molecule has 2 amide bonds. The Morgan fingerprint density at radius 3 is 2.22 bits per heavy atom. The van der Waals surface area contributed by atoms with E-state index in [-0.39, 0.29) is 25.0 Å². The highest BCUT2D eigenvalue weighted by Crippen LogP contribution is 2.24. The Morgan fingerprint density at radius 1 is 1.17 bits per heavy atom. The van der Waals surface area contributed by atoms with Gasteiger partial charge in [-0.1, -0.05) is 12.1 Å². The molecule has 1 aliphatic heterocycles. The molecule has 1 heterocycles. The van der Waals surface area contributed by atoms with Crippen molar-refractivity contribution in [2.24, 2.45) is 0 Å². The molecule has 0 aliphatic carbocycles. The highest BCUT2D eigenvalue weighted by molar-refractivity contribution is 7.33. The molecule has 1 aliphatic rings. The van der Waals surface area contributed by atoms with Gasteiger partial charge in [-0.2, -0.15) is 0 Å². The zero-order valence-corrected chi connectivity index (χ0v) is 10.6. The number of hydrogen-bond acceptors (Lipinski definition) is 5. The Balaban J connectivity index is 2.03. The fraction of sp³-hybridized carbons (Fsp3) is 0.273. The lowest BCUT2D eigenvalue weighted by atomic mass is 10.1. The van der Waals surface area contributed by atoms with Crippen molar-refractivity contribution < 1.29 is 23.2 Å². The molecule has 6 nitrogen and oxygen atoms in total. The molecule has 0 spiro atoms. The van der Waals surface area contributed by atoms with Crippen LogP contribution in [0.5, 0.6) is 0 Å². The molecule has 1 aromatic carbocycles. The van der Waals surface area contributed by atoms with Crippen molar-refractivity contribution in [1.29, 1.82) is 0 Å². The molecule has 1 unspecified atom stereocenters. The summed E-state index contributed by atoms with van der Waals surface area (Å²) < 4.78 is 20.1. The van der Waals surface area contributed by atoms with Gasteiger partial charge in [-0.25, -0.2) is 0 Å². The average Bonchev–Trinajstić information content (AvgIpc) is 2.64. The molecule has 94 valence electrons. The zero-order valence-electron chi connectivity index (χ0n) is 9.66. The van der Waals surface area contributed by atoms with Crippen molar-refractivity contribution in [3.8, 4) is 0 Å². The fourth-order valence-corrected chi connectivity index (χ4v) is 2.04. The summed E-state index contributed by atoms with van der Waals surface area (Å²) in [6.07, 6.45) is 0. The quantitative estimate of drug-likeness (QED) is 0.599. The van der Waals surface area contributed by atoms with Crippen LogP contribution in [-0.2, 0) is 13.6 Å². The van der Waals surface area contributed by atoms with Gasteiger partial charge in [0.25, 0.3) is 11.8 Å². The molecular formula is C11H11NO5P+. The second-order valence-electron chi connectivity index (χ2n) is 3.55. The van der Waals surface area contributed by atoms with Gasteiger partial charge in [0.05, 0.1) is 24.8 Å². The van der Waals surface area contributed by atoms with Gasteiger partial charge in [-0.05, 0) is 12.1 Å². The van der Waals surface area contributed by atoms with Crippen molar-refractivity contribution in [3.63, 3.8) is 0 Å². The van der Waals surface area contributed by atoms with E-state index in [9.17, 15) is 14.2 Å². The lowest BCUT2D eigenvalue weighted by Crippen LogP contribution is -2.32. The summed E-state index contributed by atoms with van der Waals surface area (Å²) >= 11 is 0. The Kier molecular flexibility index (Phi) is 3.81. The molecule has 0 saturated heterocycles. The number of imide groups is 1. The van der Waals surface area contributed by atoms with Crippen LogP contribution >= 0.6 is 8.25 Å². The zero-order chi connectivity index (χ0) is 13.1. The second kappa shape index (κ2) is 5.35. The van der Waals surface area contributed by atoms with Crippen LogP contribution in [0.15, 0.2) is 24.3 Å². The molecule has 0 saturated carbocycles. The summed E-state index contributed by atoms with van der Waals surface area (Å²) in [6, 6.07) is 6.61. The summed E-state index contributed by atoms with van der Waals surface area (Å²) in [5.41, 5.74) is 0.775. The van der Waals surface area contributed by atoms with Gasteiger partial charge in [0.1, 0.15) is 6.61 Å². The number of benzene rings is 1. The summed E-state index contributed by atoms with van der Waals surface area (Å²) in [6.45, 7) is 0.0330. The van der Waals surface area contributed by atoms with Crippen molar-refractivity contribution in [3.05, 3.63) is 35.4 Å². The molecule has 0 bridgehead atoms. The van der Waals surface area contributed by atoms with E-state index in [1.54, 1.807) is 24.3 Å². The average molecular weight is 268 g/mol. The third-order valence-electron chi connectivity index (χ3n) is 2.54. The minimum atomic E-state index is -2.19. The lowest BCUT2D eigenvalue weighted by Gasteiger charge is -2.10. The van der Waals surface area contributed by atoms with Gasteiger partial charge in [0, 0.05) is 4.57 Å². The van der Waals surface area contributed by atoms with E-state index < -0.39 is 8.25 Å². The molecule has 2 rings (SSSR count). The monoisotopic (exact) mass is 268 g/mol. The van der Waals surface area contributed by atoms with E-state index in [2.05, 4.69) is 4.52 Å². The van der Waals surface area contributed by atoms with Gasteiger partial charge in [-0.3, -0.25) is 14.5 Å². The summed E-state index contributed by atoms with van der Waals surface area (Å²) in [7, 11) is -0.934. The standard InChI is InChI=1S/C11H11NO5P/c1-16-18(15)17-7-6-12-10(13)8-4-2-3-5-9(8)11(12)14/h2-5H,6-7H2,1H3/q+1. The molecule has 0 radical (unpaired) electrons. The largest absolute Gasteiger partial charge is 0.697 e. The normalized spacial score (nSPS) is 14.9.